The molecule has 0 radical (unpaired) electrons. The molecule has 0 saturated carbocycles. The van der Waals surface area contributed by atoms with Gasteiger partial charge in [0.2, 0.25) is 0 Å². The maximum atomic E-state index is 12.9. The lowest BCUT2D eigenvalue weighted by Crippen LogP contribution is -2.28. The highest BCUT2D eigenvalue weighted by Crippen LogP contribution is 2.15. The highest BCUT2D eigenvalue weighted by molar-refractivity contribution is 14.1. The fourth-order valence-electron chi connectivity index (χ4n) is 1.57. The molecule has 0 aliphatic carbocycles. The van der Waals surface area contributed by atoms with Gasteiger partial charge in [-0.1, -0.05) is 19.8 Å². The van der Waals surface area contributed by atoms with Gasteiger partial charge in [-0.3, -0.25) is 4.79 Å². The van der Waals surface area contributed by atoms with Crippen molar-refractivity contribution in [2.75, 3.05) is 13.6 Å². The van der Waals surface area contributed by atoms with Gasteiger partial charge in [0, 0.05) is 17.2 Å². The second kappa shape index (κ2) is 6.93. The SMILES string of the molecule is CCCCCN(C)C(=O)c1ccc(F)cc1I. The minimum absolute atomic E-state index is 0.0366. The molecule has 0 N–H and O–H groups in total. The second-order valence-electron chi connectivity index (χ2n) is 4.06. The average molecular weight is 349 g/mol. The predicted molar refractivity (Wildman–Crippen MR) is 75.6 cm³/mol. The van der Waals surface area contributed by atoms with Crippen LogP contribution < -0.4 is 0 Å². The number of hydrogen-bond donors (Lipinski definition) is 0. The molecule has 0 heterocycles. The summed E-state index contributed by atoms with van der Waals surface area (Å²) >= 11 is 1.99. The standard InChI is InChI=1S/C13H17FINO/c1-3-4-5-8-16(2)13(17)11-7-6-10(14)9-12(11)15/h6-7,9H,3-5,8H2,1-2H3. The molecule has 0 aliphatic heterocycles. The summed E-state index contributed by atoms with van der Waals surface area (Å²) in [6.45, 7) is 2.88. The van der Waals surface area contributed by atoms with Crippen LogP contribution >= 0.6 is 22.6 Å². The van der Waals surface area contributed by atoms with Crippen molar-refractivity contribution < 1.29 is 9.18 Å². The largest absolute Gasteiger partial charge is 0.342 e. The van der Waals surface area contributed by atoms with E-state index in [9.17, 15) is 9.18 Å². The first-order valence-electron chi connectivity index (χ1n) is 5.76. The van der Waals surface area contributed by atoms with Gasteiger partial charge >= 0.3 is 0 Å². The highest BCUT2D eigenvalue weighted by Gasteiger charge is 2.14. The molecule has 94 valence electrons. The number of carbonyl (C=O) groups is 1. The third kappa shape index (κ3) is 4.26. The quantitative estimate of drug-likeness (QED) is 0.587. The highest BCUT2D eigenvalue weighted by atomic mass is 127. The second-order valence-corrected chi connectivity index (χ2v) is 5.22. The van der Waals surface area contributed by atoms with E-state index in [1.54, 1.807) is 18.0 Å². The van der Waals surface area contributed by atoms with Crippen molar-refractivity contribution in [3.05, 3.63) is 33.1 Å². The Bertz CT molecular complexity index is 395. The Morgan fingerprint density at radius 2 is 2.12 bits per heavy atom. The van der Waals surface area contributed by atoms with Gasteiger partial charge in [-0.25, -0.2) is 4.39 Å². The molecule has 0 fully saturated rings. The molecule has 1 aromatic carbocycles. The van der Waals surface area contributed by atoms with Gasteiger partial charge < -0.3 is 4.90 Å². The van der Waals surface area contributed by atoms with Crippen LogP contribution in [-0.2, 0) is 0 Å². The van der Waals surface area contributed by atoms with E-state index in [1.165, 1.54) is 12.1 Å². The maximum Gasteiger partial charge on any atom is 0.254 e. The third-order valence-electron chi connectivity index (χ3n) is 2.61. The van der Waals surface area contributed by atoms with E-state index < -0.39 is 0 Å². The molecule has 1 aromatic rings. The lowest BCUT2D eigenvalue weighted by molar-refractivity contribution is 0.0791. The van der Waals surface area contributed by atoms with Crippen LogP contribution in [0.3, 0.4) is 0 Å². The van der Waals surface area contributed by atoms with Crippen LogP contribution in [0.25, 0.3) is 0 Å². The van der Waals surface area contributed by atoms with E-state index in [1.807, 2.05) is 22.6 Å². The Kier molecular flexibility index (Phi) is 5.88. The first kappa shape index (κ1) is 14.4. The number of hydrogen-bond acceptors (Lipinski definition) is 1. The zero-order valence-corrected chi connectivity index (χ0v) is 12.3. The van der Waals surface area contributed by atoms with Crippen molar-refractivity contribution in [3.63, 3.8) is 0 Å². The summed E-state index contributed by atoms with van der Waals surface area (Å²) in [6, 6.07) is 4.26. The average Bonchev–Trinajstić information content (AvgIpc) is 2.28. The van der Waals surface area contributed by atoms with Crippen LogP contribution in [0.1, 0.15) is 36.5 Å². The van der Waals surface area contributed by atoms with Crippen molar-refractivity contribution in [2.45, 2.75) is 26.2 Å². The summed E-state index contributed by atoms with van der Waals surface area (Å²) in [5.74, 6) is -0.343. The molecular formula is C13H17FINO. The molecule has 0 bridgehead atoms. The molecule has 0 saturated heterocycles. The molecule has 2 nitrogen and oxygen atoms in total. The molecule has 1 rings (SSSR count). The number of amides is 1. The molecule has 1 amide bonds. The molecular weight excluding hydrogens is 332 g/mol. The summed E-state index contributed by atoms with van der Waals surface area (Å²) in [6.07, 6.45) is 3.27. The molecule has 17 heavy (non-hydrogen) atoms. The minimum Gasteiger partial charge on any atom is -0.342 e. The molecule has 0 aromatic heterocycles. The summed E-state index contributed by atoms with van der Waals surface area (Å²) in [5, 5.41) is 0. The van der Waals surface area contributed by atoms with Crippen molar-refractivity contribution in [1.82, 2.24) is 4.90 Å². The number of unbranched alkanes of at least 4 members (excludes halogenated alkanes) is 2. The fourth-order valence-corrected chi connectivity index (χ4v) is 2.28. The topological polar surface area (TPSA) is 20.3 Å². The van der Waals surface area contributed by atoms with E-state index in [0.29, 0.717) is 9.13 Å². The zero-order valence-electron chi connectivity index (χ0n) is 10.2. The van der Waals surface area contributed by atoms with Gasteiger partial charge in [0.1, 0.15) is 5.82 Å². The summed E-state index contributed by atoms with van der Waals surface area (Å²) < 4.78 is 13.6. The molecule has 0 spiro atoms. The van der Waals surface area contributed by atoms with Crippen LogP contribution in [0.4, 0.5) is 4.39 Å². The lowest BCUT2D eigenvalue weighted by atomic mass is 10.2. The van der Waals surface area contributed by atoms with Crippen molar-refractivity contribution >= 4 is 28.5 Å². The smallest absolute Gasteiger partial charge is 0.254 e. The van der Waals surface area contributed by atoms with Gasteiger partial charge in [-0.15, -0.1) is 0 Å². The van der Waals surface area contributed by atoms with Crippen LogP contribution in [0.15, 0.2) is 18.2 Å². The van der Waals surface area contributed by atoms with Gasteiger partial charge in [0.25, 0.3) is 5.91 Å². The monoisotopic (exact) mass is 349 g/mol. The summed E-state index contributed by atoms with van der Waals surface area (Å²) in [7, 11) is 1.79. The van der Waals surface area contributed by atoms with Gasteiger partial charge in [-0.05, 0) is 47.2 Å². The van der Waals surface area contributed by atoms with Crippen LogP contribution in [0.2, 0.25) is 0 Å². The number of rotatable bonds is 5. The van der Waals surface area contributed by atoms with Crippen LogP contribution in [0.5, 0.6) is 0 Å². The number of nitrogens with zero attached hydrogens (tertiary/aromatic N) is 1. The first-order valence-corrected chi connectivity index (χ1v) is 6.84. The van der Waals surface area contributed by atoms with E-state index in [2.05, 4.69) is 6.92 Å². The molecule has 0 aliphatic rings. The Morgan fingerprint density at radius 3 is 2.71 bits per heavy atom. The fraction of sp³-hybridized carbons (Fsp3) is 0.462. The first-order chi connectivity index (χ1) is 8.06. The Hall–Kier alpha value is -0.650. The normalized spacial score (nSPS) is 10.4. The van der Waals surface area contributed by atoms with E-state index >= 15 is 0 Å². The van der Waals surface area contributed by atoms with E-state index in [-0.39, 0.29) is 11.7 Å². The van der Waals surface area contributed by atoms with Crippen molar-refractivity contribution in [3.8, 4) is 0 Å². The van der Waals surface area contributed by atoms with E-state index in [0.717, 1.165) is 25.8 Å². The molecule has 4 heteroatoms. The number of carbonyl (C=O) groups excluding carboxylic acids is 1. The summed E-state index contributed by atoms with van der Waals surface area (Å²) in [4.78, 5) is 13.8. The van der Waals surface area contributed by atoms with Gasteiger partial charge in [0.05, 0.1) is 5.56 Å². The van der Waals surface area contributed by atoms with Gasteiger partial charge in [-0.2, -0.15) is 0 Å². The minimum atomic E-state index is -0.306. The van der Waals surface area contributed by atoms with Crippen molar-refractivity contribution in [1.29, 1.82) is 0 Å². The van der Waals surface area contributed by atoms with Crippen molar-refractivity contribution in [2.24, 2.45) is 0 Å². The number of benzene rings is 1. The maximum absolute atomic E-state index is 12.9. The third-order valence-corrected chi connectivity index (χ3v) is 3.50. The Balaban J connectivity index is 2.68. The van der Waals surface area contributed by atoms with Crippen LogP contribution in [-0.4, -0.2) is 24.4 Å². The molecule has 0 unspecified atom stereocenters. The van der Waals surface area contributed by atoms with E-state index in [4.69, 9.17) is 0 Å². The number of halogens is 2. The Labute approximate surface area is 115 Å². The Morgan fingerprint density at radius 1 is 1.41 bits per heavy atom. The molecule has 0 atom stereocenters. The predicted octanol–water partition coefficient (Wildman–Crippen LogP) is 3.69. The lowest BCUT2D eigenvalue weighted by Gasteiger charge is -2.17. The van der Waals surface area contributed by atoms with Crippen LogP contribution in [0, 0.1) is 9.39 Å². The van der Waals surface area contributed by atoms with Gasteiger partial charge in [0.15, 0.2) is 0 Å². The summed E-state index contributed by atoms with van der Waals surface area (Å²) in [5.41, 5.74) is 0.575. The zero-order chi connectivity index (χ0) is 12.8.